The van der Waals surface area contributed by atoms with Crippen molar-refractivity contribution in [3.8, 4) is 0 Å². The Kier molecular flexibility index (Phi) is 5.04. The first-order valence-corrected chi connectivity index (χ1v) is 9.85. The fraction of sp³-hybridized carbons (Fsp3) is 0.583. The molecule has 0 aromatic carbocycles. The van der Waals surface area contributed by atoms with Crippen molar-refractivity contribution in [3.63, 3.8) is 0 Å². The first-order chi connectivity index (χ1) is 9.66. The van der Waals surface area contributed by atoms with E-state index >= 15 is 0 Å². The molecule has 1 saturated carbocycles. The van der Waals surface area contributed by atoms with Crippen molar-refractivity contribution in [1.82, 2.24) is 4.72 Å². The van der Waals surface area contributed by atoms with Crippen LogP contribution >= 0.6 is 38.9 Å². The lowest BCUT2D eigenvalue weighted by molar-refractivity contribution is -0.145. The van der Waals surface area contributed by atoms with Crippen LogP contribution in [-0.2, 0) is 14.8 Å². The molecular weight excluding hydrogens is 402 g/mol. The zero-order chi connectivity index (χ0) is 15.8. The molecule has 1 aliphatic carbocycles. The third kappa shape index (κ3) is 3.61. The van der Waals surface area contributed by atoms with Gasteiger partial charge in [0.25, 0.3) is 10.0 Å². The van der Waals surface area contributed by atoms with Gasteiger partial charge in [0.15, 0.2) is 0 Å². The van der Waals surface area contributed by atoms with Crippen LogP contribution in [-0.4, -0.2) is 25.0 Å². The van der Waals surface area contributed by atoms with Crippen LogP contribution in [0.15, 0.2) is 14.1 Å². The van der Waals surface area contributed by atoms with Crippen LogP contribution in [0.3, 0.4) is 0 Å². The van der Waals surface area contributed by atoms with Crippen LogP contribution in [0, 0.1) is 5.92 Å². The molecule has 0 atom stereocenters. The number of halogens is 2. The fourth-order valence-electron chi connectivity index (χ4n) is 2.38. The highest BCUT2D eigenvalue weighted by Gasteiger charge is 2.44. The molecule has 0 saturated heterocycles. The molecule has 9 heteroatoms. The molecule has 21 heavy (non-hydrogen) atoms. The summed E-state index contributed by atoms with van der Waals surface area (Å²) < 4.78 is 27.7. The van der Waals surface area contributed by atoms with Crippen LogP contribution in [0.5, 0.6) is 0 Å². The Morgan fingerprint density at radius 2 is 2.10 bits per heavy atom. The standard InChI is InChI=1S/C12H15BrClNO4S2/c1-7-2-4-12(5-3-7,11(16)17)15-21(18,19)9-6-8(14)10(13)20-9/h6-7,15H,2-5H2,1H3,(H,16,17). The fourth-order valence-corrected chi connectivity index (χ4v) is 6.20. The second-order valence-electron chi connectivity index (χ2n) is 5.36. The van der Waals surface area contributed by atoms with Gasteiger partial charge in [0.1, 0.15) is 9.75 Å². The van der Waals surface area contributed by atoms with Gasteiger partial charge < -0.3 is 5.11 Å². The van der Waals surface area contributed by atoms with E-state index < -0.39 is 21.5 Å². The highest BCUT2D eigenvalue weighted by Crippen LogP contribution is 2.37. The monoisotopic (exact) mass is 415 g/mol. The highest BCUT2D eigenvalue weighted by atomic mass is 79.9. The van der Waals surface area contributed by atoms with Gasteiger partial charge in [0, 0.05) is 0 Å². The maximum Gasteiger partial charge on any atom is 0.324 e. The maximum absolute atomic E-state index is 12.4. The predicted molar refractivity (Wildman–Crippen MR) is 85.3 cm³/mol. The number of hydrogen-bond donors (Lipinski definition) is 2. The molecule has 0 spiro atoms. The minimum Gasteiger partial charge on any atom is -0.480 e. The molecule has 1 heterocycles. The average molecular weight is 417 g/mol. The second kappa shape index (κ2) is 6.16. The molecule has 0 bridgehead atoms. The lowest BCUT2D eigenvalue weighted by Crippen LogP contribution is -2.56. The van der Waals surface area contributed by atoms with Crippen molar-refractivity contribution < 1.29 is 18.3 Å². The number of sulfonamides is 1. The number of aliphatic carboxylic acids is 1. The van der Waals surface area contributed by atoms with E-state index in [1.165, 1.54) is 6.07 Å². The summed E-state index contributed by atoms with van der Waals surface area (Å²) in [5.41, 5.74) is -1.42. The quantitative estimate of drug-likeness (QED) is 0.787. The number of carboxylic acid groups (broad SMARTS) is 1. The topological polar surface area (TPSA) is 83.5 Å². The first kappa shape index (κ1) is 17.2. The molecule has 0 unspecified atom stereocenters. The first-order valence-electron chi connectivity index (χ1n) is 6.38. The molecule has 0 radical (unpaired) electrons. The lowest BCUT2D eigenvalue weighted by Gasteiger charge is -2.35. The molecule has 2 rings (SSSR count). The van der Waals surface area contributed by atoms with Gasteiger partial charge in [-0.1, -0.05) is 18.5 Å². The Labute approximate surface area is 140 Å². The predicted octanol–water partition coefficient (Wildman–Crippen LogP) is 3.48. The second-order valence-corrected chi connectivity index (χ2v) is 10.0. The van der Waals surface area contributed by atoms with Gasteiger partial charge in [-0.05, 0) is 53.6 Å². The van der Waals surface area contributed by atoms with Gasteiger partial charge in [0.05, 0.1) is 8.81 Å². The van der Waals surface area contributed by atoms with Gasteiger partial charge in [0.2, 0.25) is 0 Å². The number of thiophene rings is 1. The van der Waals surface area contributed by atoms with Gasteiger partial charge in [-0.3, -0.25) is 4.79 Å². The lowest BCUT2D eigenvalue weighted by atomic mass is 9.78. The van der Waals surface area contributed by atoms with Gasteiger partial charge >= 0.3 is 5.97 Å². The van der Waals surface area contributed by atoms with Crippen molar-refractivity contribution in [1.29, 1.82) is 0 Å². The Morgan fingerprint density at radius 1 is 1.52 bits per heavy atom. The van der Waals surface area contributed by atoms with Crippen molar-refractivity contribution in [2.24, 2.45) is 5.92 Å². The van der Waals surface area contributed by atoms with Crippen LogP contribution < -0.4 is 4.72 Å². The Balaban J connectivity index is 2.30. The highest BCUT2D eigenvalue weighted by molar-refractivity contribution is 9.11. The minimum atomic E-state index is -3.91. The minimum absolute atomic E-state index is 0.0126. The van der Waals surface area contributed by atoms with E-state index in [1.54, 1.807) is 0 Å². The summed E-state index contributed by atoms with van der Waals surface area (Å²) in [7, 11) is -3.91. The molecule has 1 aromatic heterocycles. The van der Waals surface area contributed by atoms with Gasteiger partial charge in [-0.25, -0.2) is 8.42 Å². The van der Waals surface area contributed by atoms with Crippen LogP contribution in [0.1, 0.15) is 32.6 Å². The van der Waals surface area contributed by atoms with E-state index in [0.717, 1.165) is 11.3 Å². The molecular formula is C12H15BrClNO4S2. The zero-order valence-corrected chi connectivity index (χ0v) is 15.2. The van der Waals surface area contributed by atoms with Crippen LogP contribution in [0.2, 0.25) is 5.02 Å². The normalized spacial score (nSPS) is 26.7. The molecule has 1 aromatic rings. The van der Waals surface area contributed by atoms with Crippen LogP contribution in [0.25, 0.3) is 0 Å². The van der Waals surface area contributed by atoms with E-state index in [0.29, 0.717) is 40.4 Å². The number of hydrogen-bond acceptors (Lipinski definition) is 4. The molecule has 1 aliphatic rings. The van der Waals surface area contributed by atoms with E-state index in [2.05, 4.69) is 20.7 Å². The molecule has 5 nitrogen and oxygen atoms in total. The molecule has 2 N–H and O–H groups in total. The summed E-state index contributed by atoms with van der Waals surface area (Å²) in [6.45, 7) is 2.04. The number of rotatable bonds is 4. The summed E-state index contributed by atoms with van der Waals surface area (Å²) in [6.07, 6.45) is 1.96. The Hall–Kier alpha value is -0.150. The van der Waals surface area contributed by atoms with Crippen LogP contribution in [0.4, 0.5) is 0 Å². The Morgan fingerprint density at radius 3 is 2.52 bits per heavy atom. The van der Waals surface area contributed by atoms with E-state index in [9.17, 15) is 18.3 Å². The number of nitrogens with one attached hydrogen (secondary N) is 1. The molecule has 118 valence electrons. The average Bonchev–Trinajstić information content (AvgIpc) is 2.73. The van der Waals surface area contributed by atoms with Crippen molar-refractivity contribution in [2.75, 3.05) is 0 Å². The Bertz CT molecular complexity index is 631. The van der Waals surface area contributed by atoms with Crippen molar-refractivity contribution in [3.05, 3.63) is 14.9 Å². The largest absolute Gasteiger partial charge is 0.480 e. The van der Waals surface area contributed by atoms with E-state index in [-0.39, 0.29) is 4.21 Å². The molecule has 1 fully saturated rings. The number of carbonyl (C=O) groups is 1. The zero-order valence-electron chi connectivity index (χ0n) is 11.2. The smallest absolute Gasteiger partial charge is 0.324 e. The summed E-state index contributed by atoms with van der Waals surface area (Å²) >= 11 is 9.97. The molecule has 0 amide bonds. The maximum atomic E-state index is 12.4. The summed E-state index contributed by atoms with van der Waals surface area (Å²) in [5.74, 6) is -0.716. The summed E-state index contributed by atoms with van der Waals surface area (Å²) in [4.78, 5) is 11.6. The van der Waals surface area contributed by atoms with Crippen molar-refractivity contribution in [2.45, 2.75) is 42.4 Å². The summed E-state index contributed by atoms with van der Waals surface area (Å²) in [6, 6.07) is 1.32. The van der Waals surface area contributed by atoms with E-state index in [1.807, 2.05) is 6.92 Å². The third-order valence-corrected chi connectivity index (χ3v) is 8.24. The van der Waals surface area contributed by atoms with Crippen molar-refractivity contribution >= 4 is 54.9 Å². The summed E-state index contributed by atoms with van der Waals surface area (Å²) in [5, 5.41) is 9.78. The third-order valence-electron chi connectivity index (χ3n) is 3.75. The number of carboxylic acids is 1. The van der Waals surface area contributed by atoms with Gasteiger partial charge in [-0.2, -0.15) is 4.72 Å². The van der Waals surface area contributed by atoms with Gasteiger partial charge in [-0.15, -0.1) is 11.3 Å². The SMILES string of the molecule is CC1CCC(NS(=O)(=O)c2cc(Cl)c(Br)s2)(C(=O)O)CC1. The molecule has 0 aliphatic heterocycles. The van der Waals surface area contributed by atoms with E-state index in [4.69, 9.17) is 11.6 Å².